The Hall–Kier alpha value is -2.28. The van der Waals surface area contributed by atoms with E-state index in [0.717, 1.165) is 24.2 Å². The molecule has 0 saturated carbocycles. The van der Waals surface area contributed by atoms with Crippen LogP contribution in [-0.4, -0.2) is 27.0 Å². The van der Waals surface area contributed by atoms with Crippen LogP contribution < -0.4 is 16.5 Å². The average Bonchev–Trinajstić information content (AvgIpc) is 2.76. The summed E-state index contributed by atoms with van der Waals surface area (Å²) in [5.74, 6) is 0.698. The van der Waals surface area contributed by atoms with Gasteiger partial charge in [-0.2, -0.15) is 0 Å². The minimum atomic E-state index is -0.521. The summed E-state index contributed by atoms with van der Waals surface area (Å²) in [6.07, 6.45) is 1.72. The molecule has 0 radical (unpaired) electrons. The predicted molar refractivity (Wildman–Crippen MR) is 72.0 cm³/mol. The minimum absolute atomic E-state index is 0.0446. The van der Waals surface area contributed by atoms with Gasteiger partial charge < -0.3 is 11.1 Å². The van der Waals surface area contributed by atoms with Crippen LogP contribution in [0.15, 0.2) is 18.2 Å². The number of fused-ring (bicyclic) bond motifs is 1. The first-order valence-electron chi connectivity index (χ1n) is 6.10. The molecule has 0 aliphatic heterocycles. The summed E-state index contributed by atoms with van der Waals surface area (Å²) >= 11 is 0. The largest absolute Gasteiger partial charge is 0.385 e. The number of hydrogen-bond acceptors (Lipinski definition) is 5. The number of hydroxylamine groups is 1. The highest BCUT2D eigenvalue weighted by Gasteiger charge is 2.13. The molecule has 5 N–H and O–H groups in total. The molecule has 0 aliphatic rings. The molecule has 0 aromatic carbocycles. The van der Waals surface area contributed by atoms with E-state index in [2.05, 4.69) is 17.2 Å². The van der Waals surface area contributed by atoms with Crippen LogP contribution >= 0.6 is 0 Å². The van der Waals surface area contributed by atoms with Gasteiger partial charge >= 0.3 is 0 Å². The average molecular weight is 263 g/mol. The Kier molecular flexibility index (Phi) is 3.86. The number of amides is 1. The Morgan fingerprint density at radius 2 is 2.32 bits per heavy atom. The van der Waals surface area contributed by atoms with Gasteiger partial charge in [0.2, 0.25) is 0 Å². The van der Waals surface area contributed by atoms with Gasteiger partial charge in [-0.1, -0.05) is 19.4 Å². The summed E-state index contributed by atoms with van der Waals surface area (Å²) in [6, 6.07) is 5.49. The van der Waals surface area contributed by atoms with Gasteiger partial charge in [-0.3, -0.25) is 14.4 Å². The Bertz CT molecular complexity index is 593. The highest BCUT2D eigenvalue weighted by atomic mass is 16.5. The number of aromatic nitrogens is 2. The van der Waals surface area contributed by atoms with E-state index in [9.17, 15) is 4.79 Å². The molecular weight excluding hydrogens is 246 g/mol. The maximum absolute atomic E-state index is 11.1. The second-order valence-electron chi connectivity index (χ2n) is 4.19. The van der Waals surface area contributed by atoms with E-state index in [4.69, 9.17) is 10.9 Å². The first-order chi connectivity index (χ1) is 9.17. The van der Waals surface area contributed by atoms with Crippen molar-refractivity contribution in [2.45, 2.75) is 19.8 Å². The SMILES string of the molecule is CCCc1c(NCC(=O)NO)nc2cccc(N)n12. The van der Waals surface area contributed by atoms with Gasteiger partial charge in [-0.15, -0.1) is 0 Å². The second-order valence-corrected chi connectivity index (χ2v) is 4.19. The van der Waals surface area contributed by atoms with E-state index < -0.39 is 5.91 Å². The molecule has 2 heterocycles. The number of aryl methyl sites for hydroxylation is 1. The summed E-state index contributed by atoms with van der Waals surface area (Å²) < 4.78 is 1.86. The molecule has 2 aromatic rings. The summed E-state index contributed by atoms with van der Waals surface area (Å²) in [5.41, 5.74) is 9.19. The van der Waals surface area contributed by atoms with Crippen molar-refractivity contribution in [3.05, 3.63) is 23.9 Å². The zero-order valence-electron chi connectivity index (χ0n) is 10.7. The van der Waals surface area contributed by atoms with Gasteiger partial charge in [0.15, 0.2) is 0 Å². The molecule has 7 heteroatoms. The third-order valence-corrected chi connectivity index (χ3v) is 2.80. The number of rotatable bonds is 5. The summed E-state index contributed by atoms with van der Waals surface area (Å²) in [5, 5.41) is 11.4. The molecule has 19 heavy (non-hydrogen) atoms. The number of carbonyl (C=O) groups excluding carboxylic acids is 1. The lowest BCUT2D eigenvalue weighted by molar-refractivity contribution is -0.127. The molecule has 0 fully saturated rings. The Morgan fingerprint density at radius 3 is 3.00 bits per heavy atom. The molecule has 0 saturated heterocycles. The maximum atomic E-state index is 11.1. The van der Waals surface area contributed by atoms with Crippen LogP contribution in [0, 0.1) is 0 Å². The van der Waals surface area contributed by atoms with E-state index in [1.807, 2.05) is 16.5 Å². The van der Waals surface area contributed by atoms with Gasteiger partial charge in [0, 0.05) is 0 Å². The number of imidazole rings is 1. The summed E-state index contributed by atoms with van der Waals surface area (Å²) in [6.45, 7) is 2.01. The molecular formula is C12H17N5O2. The Labute approximate surface area is 110 Å². The van der Waals surface area contributed by atoms with Crippen LogP contribution in [0.2, 0.25) is 0 Å². The minimum Gasteiger partial charge on any atom is -0.385 e. The molecule has 0 atom stereocenters. The van der Waals surface area contributed by atoms with E-state index in [1.165, 1.54) is 0 Å². The van der Waals surface area contributed by atoms with Gasteiger partial charge in [0.05, 0.1) is 12.2 Å². The molecule has 0 aliphatic carbocycles. The lowest BCUT2D eigenvalue weighted by Gasteiger charge is -2.07. The van der Waals surface area contributed by atoms with Gasteiger partial charge in [-0.05, 0) is 18.6 Å². The van der Waals surface area contributed by atoms with Crippen LogP contribution in [0.25, 0.3) is 5.65 Å². The van der Waals surface area contributed by atoms with Crippen LogP contribution in [0.1, 0.15) is 19.0 Å². The highest BCUT2D eigenvalue weighted by molar-refractivity contribution is 5.79. The quantitative estimate of drug-likeness (QED) is 0.471. The third-order valence-electron chi connectivity index (χ3n) is 2.80. The number of hydrogen-bond donors (Lipinski definition) is 4. The zero-order chi connectivity index (χ0) is 13.8. The fraction of sp³-hybridized carbons (Fsp3) is 0.333. The molecule has 0 spiro atoms. The van der Waals surface area contributed by atoms with Gasteiger partial charge in [0.25, 0.3) is 5.91 Å². The van der Waals surface area contributed by atoms with Crippen LogP contribution in [0.5, 0.6) is 0 Å². The van der Waals surface area contributed by atoms with Crippen molar-refractivity contribution in [2.24, 2.45) is 0 Å². The fourth-order valence-electron chi connectivity index (χ4n) is 1.99. The smallest absolute Gasteiger partial charge is 0.262 e. The Morgan fingerprint density at radius 1 is 1.53 bits per heavy atom. The molecule has 102 valence electrons. The number of pyridine rings is 1. The normalized spacial score (nSPS) is 10.6. The number of nitrogen functional groups attached to an aromatic ring is 1. The van der Waals surface area contributed by atoms with E-state index in [-0.39, 0.29) is 6.54 Å². The molecule has 0 unspecified atom stereocenters. The predicted octanol–water partition coefficient (Wildman–Crippen LogP) is 0.786. The highest BCUT2D eigenvalue weighted by Crippen LogP contribution is 2.22. The van der Waals surface area contributed by atoms with E-state index in [1.54, 1.807) is 11.5 Å². The Balaban J connectivity index is 2.39. The summed E-state index contributed by atoms with van der Waals surface area (Å²) in [7, 11) is 0. The fourth-order valence-corrected chi connectivity index (χ4v) is 1.99. The standard InChI is InChI=1S/C12H17N5O2/c1-2-4-8-12(14-7-11(18)16-19)15-10-6-3-5-9(13)17(8)10/h3,5-6,14,19H,2,4,7,13H2,1H3,(H,16,18). The molecule has 7 nitrogen and oxygen atoms in total. The number of nitrogens with zero attached hydrogens (tertiary/aromatic N) is 2. The first kappa shape index (κ1) is 13.2. The van der Waals surface area contributed by atoms with Gasteiger partial charge in [0.1, 0.15) is 17.3 Å². The van der Waals surface area contributed by atoms with Gasteiger partial charge in [-0.25, -0.2) is 10.5 Å². The summed E-state index contributed by atoms with van der Waals surface area (Å²) in [4.78, 5) is 15.5. The number of nitrogens with two attached hydrogens (primary N) is 1. The molecule has 2 rings (SSSR count). The second kappa shape index (κ2) is 5.57. The van der Waals surface area contributed by atoms with Crippen molar-refractivity contribution in [1.82, 2.24) is 14.9 Å². The molecule has 2 aromatic heterocycles. The maximum Gasteiger partial charge on any atom is 0.262 e. The lowest BCUT2D eigenvalue weighted by Crippen LogP contribution is -2.27. The van der Waals surface area contributed by atoms with E-state index >= 15 is 0 Å². The van der Waals surface area contributed by atoms with Crippen molar-refractivity contribution in [1.29, 1.82) is 0 Å². The van der Waals surface area contributed by atoms with Crippen LogP contribution in [0.4, 0.5) is 11.6 Å². The number of nitrogens with one attached hydrogen (secondary N) is 2. The van der Waals surface area contributed by atoms with Crippen LogP contribution in [0.3, 0.4) is 0 Å². The van der Waals surface area contributed by atoms with Crippen molar-refractivity contribution < 1.29 is 10.0 Å². The monoisotopic (exact) mass is 263 g/mol. The molecule has 1 amide bonds. The lowest BCUT2D eigenvalue weighted by atomic mass is 10.2. The zero-order valence-corrected chi connectivity index (χ0v) is 10.7. The third kappa shape index (κ3) is 2.60. The first-order valence-corrected chi connectivity index (χ1v) is 6.10. The van der Waals surface area contributed by atoms with Crippen molar-refractivity contribution in [3.8, 4) is 0 Å². The molecule has 0 bridgehead atoms. The van der Waals surface area contributed by atoms with Crippen LogP contribution in [-0.2, 0) is 11.2 Å². The number of carbonyl (C=O) groups is 1. The van der Waals surface area contributed by atoms with Crippen molar-refractivity contribution in [3.63, 3.8) is 0 Å². The van der Waals surface area contributed by atoms with Crippen molar-refractivity contribution in [2.75, 3.05) is 17.6 Å². The van der Waals surface area contributed by atoms with Crippen molar-refractivity contribution >= 4 is 23.2 Å². The number of anilines is 2. The van der Waals surface area contributed by atoms with E-state index in [0.29, 0.717) is 11.6 Å². The topological polar surface area (TPSA) is 105 Å².